The number of aryl methyl sites for hydroxylation is 1. The van der Waals surface area contributed by atoms with Crippen molar-refractivity contribution in [1.82, 2.24) is 15.2 Å². The molecule has 5 heteroatoms. The van der Waals surface area contributed by atoms with Crippen LogP contribution in [-0.2, 0) is 0 Å². The molecule has 0 spiro atoms. The fourth-order valence-corrected chi connectivity index (χ4v) is 4.04. The predicted molar refractivity (Wildman–Crippen MR) is 93.6 cm³/mol. The number of aromatic nitrogens is 3. The van der Waals surface area contributed by atoms with Crippen LogP contribution in [0.25, 0.3) is 10.7 Å². The summed E-state index contributed by atoms with van der Waals surface area (Å²) < 4.78 is 0. The number of hydrogen-bond donors (Lipinski definition) is 0. The fraction of sp³-hybridized carbons (Fsp3) is 0.278. The summed E-state index contributed by atoms with van der Waals surface area (Å²) in [5.74, 6) is 0. The Morgan fingerprint density at radius 1 is 1.13 bits per heavy atom. The van der Waals surface area contributed by atoms with Crippen molar-refractivity contribution >= 4 is 16.5 Å². The van der Waals surface area contributed by atoms with Gasteiger partial charge < -0.3 is 4.90 Å². The molecule has 1 aliphatic rings. The van der Waals surface area contributed by atoms with E-state index in [1.807, 2.05) is 18.2 Å². The van der Waals surface area contributed by atoms with Crippen molar-refractivity contribution in [3.05, 3.63) is 59.8 Å². The number of anilines is 1. The third-order valence-electron chi connectivity index (χ3n) is 4.22. The minimum absolute atomic E-state index is 0.402. The molecule has 1 unspecified atom stereocenters. The van der Waals surface area contributed by atoms with E-state index in [4.69, 9.17) is 0 Å². The summed E-state index contributed by atoms with van der Waals surface area (Å²) in [4.78, 5) is 6.75. The van der Waals surface area contributed by atoms with Crippen molar-refractivity contribution in [2.45, 2.75) is 25.8 Å². The lowest BCUT2D eigenvalue weighted by Gasteiger charge is -2.24. The van der Waals surface area contributed by atoms with Crippen LogP contribution < -0.4 is 4.90 Å². The van der Waals surface area contributed by atoms with E-state index in [1.54, 1.807) is 17.5 Å². The summed E-state index contributed by atoms with van der Waals surface area (Å²) in [6, 6.07) is 15.1. The van der Waals surface area contributed by atoms with Crippen LogP contribution in [0.2, 0.25) is 0 Å². The zero-order valence-electron chi connectivity index (χ0n) is 13.0. The van der Waals surface area contributed by atoms with E-state index in [0.29, 0.717) is 6.04 Å². The van der Waals surface area contributed by atoms with Gasteiger partial charge in [-0.25, -0.2) is 0 Å². The van der Waals surface area contributed by atoms with Gasteiger partial charge in [-0.1, -0.05) is 47.2 Å². The maximum absolute atomic E-state index is 4.43. The fourth-order valence-electron chi connectivity index (χ4n) is 3.14. The monoisotopic (exact) mass is 322 g/mol. The third kappa shape index (κ3) is 2.84. The Morgan fingerprint density at radius 3 is 2.91 bits per heavy atom. The first-order valence-corrected chi connectivity index (χ1v) is 8.71. The van der Waals surface area contributed by atoms with Crippen LogP contribution in [0.15, 0.2) is 48.7 Å². The Labute approximate surface area is 139 Å². The standard InChI is InChI=1S/C18H18N4S/c1-13-6-4-7-14(12-13)16-9-5-11-22(16)18-21-20-17(23-18)15-8-2-3-10-19-15/h2-4,6-8,10,12,16H,5,9,11H2,1H3. The molecule has 1 aromatic carbocycles. The van der Waals surface area contributed by atoms with Gasteiger partial charge in [0.25, 0.3) is 0 Å². The zero-order valence-corrected chi connectivity index (χ0v) is 13.8. The molecule has 4 rings (SSSR count). The van der Waals surface area contributed by atoms with Gasteiger partial charge in [0.2, 0.25) is 5.13 Å². The van der Waals surface area contributed by atoms with Crippen molar-refractivity contribution in [1.29, 1.82) is 0 Å². The summed E-state index contributed by atoms with van der Waals surface area (Å²) in [5, 5.41) is 10.6. The highest BCUT2D eigenvalue weighted by Crippen LogP contribution is 2.38. The summed E-state index contributed by atoms with van der Waals surface area (Å²) >= 11 is 1.63. The normalized spacial score (nSPS) is 17.6. The zero-order chi connectivity index (χ0) is 15.6. The lowest BCUT2D eigenvalue weighted by atomic mass is 10.0. The third-order valence-corrected chi connectivity index (χ3v) is 5.21. The summed E-state index contributed by atoms with van der Waals surface area (Å²) in [5.41, 5.74) is 3.57. The Morgan fingerprint density at radius 2 is 2.09 bits per heavy atom. The second-order valence-corrected chi connectivity index (χ2v) is 6.83. The number of rotatable bonds is 3. The molecule has 0 saturated carbocycles. The molecular formula is C18H18N4S. The first kappa shape index (κ1) is 14.3. The Kier molecular flexibility index (Phi) is 3.79. The van der Waals surface area contributed by atoms with Crippen LogP contribution in [0.5, 0.6) is 0 Å². The van der Waals surface area contributed by atoms with Crippen LogP contribution in [0.1, 0.15) is 30.0 Å². The Hall–Kier alpha value is -2.27. The molecule has 4 nitrogen and oxygen atoms in total. The van der Waals surface area contributed by atoms with E-state index < -0.39 is 0 Å². The molecule has 0 aliphatic carbocycles. The van der Waals surface area contributed by atoms with Crippen LogP contribution >= 0.6 is 11.3 Å². The smallest absolute Gasteiger partial charge is 0.209 e. The van der Waals surface area contributed by atoms with E-state index in [2.05, 4.69) is 51.3 Å². The summed E-state index contributed by atoms with van der Waals surface area (Å²) in [6.45, 7) is 3.18. The van der Waals surface area contributed by atoms with E-state index in [-0.39, 0.29) is 0 Å². The van der Waals surface area contributed by atoms with Gasteiger partial charge in [0.1, 0.15) is 5.69 Å². The maximum atomic E-state index is 4.43. The summed E-state index contributed by atoms with van der Waals surface area (Å²) in [7, 11) is 0. The Bertz CT molecular complexity index is 800. The largest absolute Gasteiger partial charge is 0.340 e. The molecule has 0 amide bonds. The number of benzene rings is 1. The molecule has 0 radical (unpaired) electrons. The molecule has 0 bridgehead atoms. The number of hydrogen-bond acceptors (Lipinski definition) is 5. The first-order chi connectivity index (χ1) is 11.3. The molecule has 1 atom stereocenters. The molecule has 2 aromatic heterocycles. The molecule has 3 aromatic rings. The molecule has 0 N–H and O–H groups in total. The minimum Gasteiger partial charge on any atom is -0.340 e. The highest BCUT2D eigenvalue weighted by molar-refractivity contribution is 7.18. The lowest BCUT2D eigenvalue weighted by molar-refractivity contribution is 0.713. The van der Waals surface area contributed by atoms with Crippen LogP contribution in [0, 0.1) is 6.92 Å². The van der Waals surface area contributed by atoms with Gasteiger partial charge in [-0.2, -0.15) is 0 Å². The molecular weight excluding hydrogens is 304 g/mol. The van der Waals surface area contributed by atoms with Crippen molar-refractivity contribution in [2.24, 2.45) is 0 Å². The van der Waals surface area contributed by atoms with Crippen molar-refractivity contribution in [3.63, 3.8) is 0 Å². The quantitative estimate of drug-likeness (QED) is 0.723. The maximum Gasteiger partial charge on any atom is 0.209 e. The van der Waals surface area contributed by atoms with E-state index in [1.165, 1.54) is 24.0 Å². The average molecular weight is 322 g/mol. The predicted octanol–water partition coefficient (Wildman–Crippen LogP) is 4.25. The van der Waals surface area contributed by atoms with Crippen LogP contribution in [0.4, 0.5) is 5.13 Å². The van der Waals surface area contributed by atoms with Gasteiger partial charge in [-0.3, -0.25) is 4.98 Å². The highest BCUT2D eigenvalue weighted by atomic mass is 32.1. The number of pyridine rings is 1. The van der Waals surface area contributed by atoms with Crippen molar-refractivity contribution in [3.8, 4) is 10.7 Å². The van der Waals surface area contributed by atoms with E-state index >= 15 is 0 Å². The first-order valence-electron chi connectivity index (χ1n) is 7.89. The van der Waals surface area contributed by atoms with Crippen molar-refractivity contribution in [2.75, 3.05) is 11.4 Å². The van der Waals surface area contributed by atoms with Gasteiger partial charge >= 0.3 is 0 Å². The average Bonchev–Trinajstić information content (AvgIpc) is 3.25. The highest BCUT2D eigenvalue weighted by Gasteiger charge is 2.29. The van der Waals surface area contributed by atoms with E-state index in [9.17, 15) is 0 Å². The van der Waals surface area contributed by atoms with Crippen molar-refractivity contribution < 1.29 is 0 Å². The van der Waals surface area contributed by atoms with Gasteiger partial charge in [0.15, 0.2) is 5.01 Å². The Balaban J connectivity index is 1.63. The summed E-state index contributed by atoms with van der Waals surface area (Å²) in [6.07, 6.45) is 4.15. The molecule has 23 heavy (non-hydrogen) atoms. The topological polar surface area (TPSA) is 41.9 Å². The van der Waals surface area contributed by atoms with Crippen LogP contribution in [-0.4, -0.2) is 21.7 Å². The molecule has 1 saturated heterocycles. The molecule has 3 heterocycles. The van der Waals surface area contributed by atoms with Gasteiger partial charge in [0.05, 0.1) is 6.04 Å². The van der Waals surface area contributed by atoms with Gasteiger partial charge in [-0.15, -0.1) is 10.2 Å². The molecule has 116 valence electrons. The second kappa shape index (κ2) is 6.08. The SMILES string of the molecule is Cc1cccc(C2CCCN2c2nnc(-c3ccccn3)s2)c1. The van der Waals surface area contributed by atoms with Gasteiger partial charge in [-0.05, 0) is 37.5 Å². The lowest BCUT2D eigenvalue weighted by Crippen LogP contribution is -2.22. The van der Waals surface area contributed by atoms with Gasteiger partial charge in [0, 0.05) is 12.7 Å². The molecule has 1 aliphatic heterocycles. The number of nitrogens with zero attached hydrogens (tertiary/aromatic N) is 4. The van der Waals surface area contributed by atoms with Crippen LogP contribution in [0.3, 0.4) is 0 Å². The molecule has 1 fully saturated rings. The minimum atomic E-state index is 0.402. The van der Waals surface area contributed by atoms with E-state index in [0.717, 1.165) is 22.4 Å². The second-order valence-electron chi connectivity index (χ2n) is 5.87.